The van der Waals surface area contributed by atoms with Crippen LogP contribution >= 0.6 is 0 Å². The molecule has 0 saturated carbocycles. The van der Waals surface area contributed by atoms with E-state index >= 15 is 0 Å². The van der Waals surface area contributed by atoms with Crippen molar-refractivity contribution in [3.63, 3.8) is 0 Å². The molecule has 0 N–H and O–H groups in total. The van der Waals surface area contributed by atoms with Crippen molar-refractivity contribution < 1.29 is 92.9 Å². The van der Waals surface area contributed by atoms with Crippen LogP contribution in [0.2, 0.25) is 0 Å². The van der Waals surface area contributed by atoms with Crippen LogP contribution < -0.4 is 0 Å². The second kappa shape index (κ2) is 8.09. The molecule has 0 amide bonds. The highest BCUT2D eigenvalue weighted by atomic mass is 19.4. The van der Waals surface area contributed by atoms with Crippen molar-refractivity contribution in [1.29, 1.82) is 0 Å². The maximum atomic E-state index is 13.5. The molecule has 0 rings (SSSR count). The van der Waals surface area contributed by atoms with Gasteiger partial charge in [0, 0.05) is 0 Å². The average molecular weight is 556 g/mol. The van der Waals surface area contributed by atoms with Gasteiger partial charge in [0.2, 0.25) is 0 Å². The third kappa shape index (κ3) is 3.98. The van der Waals surface area contributed by atoms with E-state index in [0.717, 1.165) is 0 Å². The zero-order valence-electron chi connectivity index (χ0n) is 15.6. The van der Waals surface area contributed by atoms with Gasteiger partial charge in [0.1, 0.15) is 0 Å². The van der Waals surface area contributed by atoms with Gasteiger partial charge in [-0.15, -0.1) is 0 Å². The minimum atomic E-state index is -9.02. The highest BCUT2D eigenvalue weighted by molar-refractivity contribution is 5.79. The molecular weight excluding hydrogens is 549 g/mol. The molecule has 0 bridgehead atoms. The molecule has 0 fully saturated rings. The average Bonchev–Trinajstić information content (AvgIpc) is 2.58. The summed E-state index contributed by atoms with van der Waals surface area (Å²) < 4.78 is 251. The summed E-state index contributed by atoms with van der Waals surface area (Å²) in [6, 6.07) is 0. The van der Waals surface area contributed by atoms with Crippen LogP contribution in [0, 0.1) is 0 Å². The highest BCUT2D eigenvalue weighted by Crippen LogP contribution is 2.65. The van der Waals surface area contributed by atoms with E-state index in [1.807, 2.05) is 0 Å². The van der Waals surface area contributed by atoms with Crippen LogP contribution in [0.25, 0.3) is 0 Å². The Balaban J connectivity index is 6.92. The van der Waals surface area contributed by atoms with Crippen molar-refractivity contribution in [3.05, 3.63) is 0 Å². The molecule has 0 aliphatic rings. The molecule has 0 aromatic carbocycles. The van der Waals surface area contributed by atoms with Crippen LogP contribution in [0.4, 0.5) is 83.4 Å². The fraction of sp³-hybridized carbons (Fsp3) is 0.923. The van der Waals surface area contributed by atoms with Gasteiger partial charge >= 0.3 is 59.5 Å². The number of hydrogen-bond donors (Lipinski definition) is 0. The molecule has 204 valence electrons. The lowest BCUT2D eigenvalue weighted by molar-refractivity contribution is -0.467. The van der Waals surface area contributed by atoms with Gasteiger partial charge in [-0.05, 0) is 13.8 Å². The summed E-state index contributed by atoms with van der Waals surface area (Å²) in [6.07, 6.45) is -9.86. The lowest BCUT2D eigenvalue weighted by atomic mass is 9.87. The van der Waals surface area contributed by atoms with Gasteiger partial charge in [0.25, 0.3) is 0 Å². The predicted molar refractivity (Wildman–Crippen MR) is 66.9 cm³/mol. The van der Waals surface area contributed by atoms with Crippen molar-refractivity contribution in [2.75, 3.05) is 0 Å². The predicted octanol–water partition coefficient (Wildman–Crippen LogP) is 6.58. The second-order valence-electron chi connectivity index (χ2n) is 6.55. The summed E-state index contributed by atoms with van der Waals surface area (Å²) in [5, 5.41) is 0. The van der Waals surface area contributed by atoms with Crippen LogP contribution in [0.15, 0.2) is 0 Å². The molecular formula is C13H7F19O2. The van der Waals surface area contributed by atoms with E-state index in [2.05, 4.69) is 4.74 Å². The topological polar surface area (TPSA) is 26.3 Å². The summed E-state index contributed by atoms with van der Waals surface area (Å²) in [7, 11) is 0. The smallest absolute Gasteiger partial charge is 0.458 e. The molecule has 0 aromatic heterocycles. The minimum absolute atomic E-state index is 0.552. The van der Waals surface area contributed by atoms with Gasteiger partial charge in [0.05, 0.1) is 6.10 Å². The monoisotopic (exact) mass is 556 g/mol. The zero-order valence-corrected chi connectivity index (χ0v) is 15.6. The number of halogens is 19. The van der Waals surface area contributed by atoms with E-state index in [-0.39, 0.29) is 0 Å². The molecule has 0 heterocycles. The van der Waals surface area contributed by atoms with Gasteiger partial charge < -0.3 is 4.74 Å². The summed E-state index contributed by atoms with van der Waals surface area (Å²) in [5.41, 5.74) is 0. The van der Waals surface area contributed by atoms with E-state index in [1.165, 1.54) is 0 Å². The fourth-order valence-corrected chi connectivity index (χ4v) is 1.78. The number of carbonyl (C=O) groups is 1. The first-order valence-electron chi connectivity index (χ1n) is 7.64. The van der Waals surface area contributed by atoms with Crippen LogP contribution in [0.1, 0.15) is 13.8 Å². The number of esters is 1. The quantitative estimate of drug-likeness (QED) is 0.237. The third-order valence-electron chi connectivity index (χ3n) is 3.72. The van der Waals surface area contributed by atoms with E-state index in [1.54, 1.807) is 0 Å². The Bertz CT molecular complexity index is 763. The lowest BCUT2D eigenvalue weighted by Crippen LogP contribution is -2.76. The Morgan fingerprint density at radius 1 is 0.471 bits per heavy atom. The van der Waals surface area contributed by atoms with Crippen molar-refractivity contribution in [3.8, 4) is 0 Å². The van der Waals surface area contributed by atoms with Crippen LogP contribution in [0.3, 0.4) is 0 Å². The van der Waals surface area contributed by atoms with Gasteiger partial charge in [-0.25, -0.2) is 4.79 Å². The van der Waals surface area contributed by atoms with Gasteiger partial charge in [0.15, 0.2) is 0 Å². The summed E-state index contributed by atoms with van der Waals surface area (Å²) in [4.78, 5) is 10.8. The summed E-state index contributed by atoms with van der Waals surface area (Å²) in [5.74, 6) is -72.1. The van der Waals surface area contributed by atoms with Crippen LogP contribution in [0.5, 0.6) is 0 Å². The Morgan fingerprint density at radius 2 is 0.706 bits per heavy atom. The molecule has 0 aliphatic carbocycles. The summed E-state index contributed by atoms with van der Waals surface area (Å²) in [6.45, 7) is 1.10. The minimum Gasteiger partial charge on any atom is -0.458 e. The second-order valence-corrected chi connectivity index (χ2v) is 6.55. The molecule has 0 atom stereocenters. The Morgan fingerprint density at radius 3 is 0.941 bits per heavy atom. The molecule has 0 aromatic rings. The first-order chi connectivity index (χ1) is 14.3. The van der Waals surface area contributed by atoms with E-state index in [4.69, 9.17) is 0 Å². The number of alkyl halides is 19. The molecule has 0 saturated heterocycles. The summed E-state index contributed by atoms with van der Waals surface area (Å²) >= 11 is 0. The highest BCUT2D eigenvalue weighted by Gasteiger charge is 2.97. The first kappa shape index (κ1) is 32.1. The Kier molecular flexibility index (Phi) is 7.65. The normalized spacial score (nSPS) is 16.2. The zero-order chi connectivity index (χ0) is 28.4. The van der Waals surface area contributed by atoms with Gasteiger partial charge in [-0.3, -0.25) is 0 Å². The molecule has 0 radical (unpaired) electrons. The molecule has 0 unspecified atom stereocenters. The first-order valence-corrected chi connectivity index (χ1v) is 7.64. The third-order valence-corrected chi connectivity index (χ3v) is 3.72. The van der Waals surface area contributed by atoms with Crippen LogP contribution in [-0.2, 0) is 9.53 Å². The van der Waals surface area contributed by atoms with Gasteiger partial charge in [-0.2, -0.15) is 83.4 Å². The number of rotatable bonds is 9. The number of ether oxygens (including phenoxy) is 1. The largest absolute Gasteiger partial charge is 0.460 e. The number of hydrogen-bond acceptors (Lipinski definition) is 2. The molecule has 2 nitrogen and oxygen atoms in total. The SMILES string of the molecule is CC(C)OC(=O)C(F)(F)C(F)(F)C(F)(F)C(F)(F)C(F)(F)C(F)(F)C(F)(F)C(F)(F)C(F)(F)F. The maximum absolute atomic E-state index is 13.5. The van der Waals surface area contributed by atoms with Crippen molar-refractivity contribution in [2.45, 2.75) is 73.5 Å². The standard InChI is InChI=1S/C13H7F19O2/c1-3(2)34-4(33)5(14,15)6(16,17)7(18,19)8(20,21)9(22,23)10(24,25)11(26,27)12(28,29)13(30,31)32/h3H,1-2H3. The van der Waals surface area contributed by atoms with Gasteiger partial charge in [-0.1, -0.05) is 0 Å². The number of carbonyl (C=O) groups excluding carboxylic acids is 1. The van der Waals surface area contributed by atoms with Crippen molar-refractivity contribution in [1.82, 2.24) is 0 Å². The maximum Gasteiger partial charge on any atom is 0.460 e. The lowest BCUT2D eigenvalue weighted by Gasteiger charge is -2.43. The molecule has 21 heteroatoms. The van der Waals surface area contributed by atoms with Crippen molar-refractivity contribution >= 4 is 5.97 Å². The molecule has 0 spiro atoms. The van der Waals surface area contributed by atoms with Crippen LogP contribution in [-0.4, -0.2) is 65.6 Å². The molecule has 34 heavy (non-hydrogen) atoms. The van der Waals surface area contributed by atoms with Crippen molar-refractivity contribution in [2.24, 2.45) is 0 Å². The Hall–Kier alpha value is -1.86. The fourth-order valence-electron chi connectivity index (χ4n) is 1.78. The van der Waals surface area contributed by atoms with E-state index in [0.29, 0.717) is 13.8 Å². The Labute approximate surface area is 174 Å². The van der Waals surface area contributed by atoms with E-state index < -0.39 is 65.6 Å². The van der Waals surface area contributed by atoms with E-state index in [9.17, 15) is 88.2 Å². The molecule has 0 aliphatic heterocycles.